The smallest absolute Gasteiger partial charge is 0.294 e. The first-order valence-electron chi connectivity index (χ1n) is 5.69. The van der Waals surface area contributed by atoms with Gasteiger partial charge in [0.15, 0.2) is 0 Å². The number of benzene rings is 1. The van der Waals surface area contributed by atoms with Gasteiger partial charge in [-0.15, -0.1) is 0 Å². The van der Waals surface area contributed by atoms with Crippen molar-refractivity contribution >= 4 is 28.9 Å². The molecule has 104 valence electrons. The van der Waals surface area contributed by atoms with E-state index in [9.17, 15) is 14.9 Å². The lowest BCUT2D eigenvalue weighted by Gasteiger charge is -2.07. The van der Waals surface area contributed by atoms with Crippen LogP contribution in [-0.4, -0.2) is 20.6 Å². The van der Waals surface area contributed by atoms with Crippen LogP contribution in [0.1, 0.15) is 5.69 Å². The van der Waals surface area contributed by atoms with Crippen molar-refractivity contribution in [3.63, 3.8) is 0 Å². The van der Waals surface area contributed by atoms with Crippen LogP contribution in [0.15, 0.2) is 30.5 Å². The van der Waals surface area contributed by atoms with Gasteiger partial charge in [-0.2, -0.15) is 5.10 Å². The second-order valence-electron chi connectivity index (χ2n) is 4.10. The van der Waals surface area contributed by atoms with Crippen molar-refractivity contribution < 1.29 is 9.72 Å². The molecule has 0 radical (unpaired) electrons. The van der Waals surface area contributed by atoms with Gasteiger partial charge in [0.05, 0.1) is 4.92 Å². The molecule has 2 aromatic rings. The second-order valence-corrected chi connectivity index (χ2v) is 4.53. The first-order valence-corrected chi connectivity index (χ1v) is 6.07. The van der Waals surface area contributed by atoms with Crippen LogP contribution in [0.3, 0.4) is 0 Å². The molecular formula is C12H11ClN4O3. The molecule has 0 aliphatic heterocycles. The minimum absolute atomic E-state index is 0.0153. The largest absolute Gasteiger partial charge is 0.319 e. The van der Waals surface area contributed by atoms with Crippen LogP contribution in [0.4, 0.5) is 11.4 Å². The summed E-state index contributed by atoms with van der Waals surface area (Å²) in [4.78, 5) is 22.2. The van der Waals surface area contributed by atoms with E-state index in [-0.39, 0.29) is 22.9 Å². The number of nitro benzene ring substituents is 1. The summed E-state index contributed by atoms with van der Waals surface area (Å²) < 4.78 is 1.50. The van der Waals surface area contributed by atoms with Gasteiger partial charge < -0.3 is 5.32 Å². The molecule has 0 aliphatic carbocycles. The highest BCUT2D eigenvalue weighted by Crippen LogP contribution is 2.27. The quantitative estimate of drug-likeness (QED) is 0.692. The van der Waals surface area contributed by atoms with Crippen LogP contribution < -0.4 is 5.32 Å². The normalized spacial score (nSPS) is 10.3. The highest BCUT2D eigenvalue weighted by atomic mass is 35.5. The summed E-state index contributed by atoms with van der Waals surface area (Å²) in [5, 5.41) is 17.6. The third kappa shape index (κ3) is 3.12. The van der Waals surface area contributed by atoms with E-state index >= 15 is 0 Å². The molecule has 0 atom stereocenters. The van der Waals surface area contributed by atoms with Gasteiger partial charge in [-0.25, -0.2) is 0 Å². The van der Waals surface area contributed by atoms with Gasteiger partial charge in [0.1, 0.15) is 12.2 Å². The third-order valence-electron chi connectivity index (χ3n) is 2.65. The lowest BCUT2D eigenvalue weighted by molar-refractivity contribution is -0.383. The van der Waals surface area contributed by atoms with E-state index < -0.39 is 10.8 Å². The molecule has 0 fully saturated rings. The van der Waals surface area contributed by atoms with E-state index in [1.807, 2.05) is 6.92 Å². The summed E-state index contributed by atoms with van der Waals surface area (Å²) in [5.41, 5.74) is 0.683. The van der Waals surface area contributed by atoms with E-state index in [1.54, 1.807) is 12.3 Å². The fraction of sp³-hybridized carbons (Fsp3) is 0.167. The SMILES string of the molecule is Cc1ccnn1CC(=O)Nc1ccc(Cl)cc1[N+](=O)[O-]. The number of carbonyl (C=O) groups excluding carboxylic acids is 1. The van der Waals surface area contributed by atoms with Crippen molar-refractivity contribution in [3.8, 4) is 0 Å². The van der Waals surface area contributed by atoms with E-state index in [0.717, 1.165) is 5.69 Å². The fourth-order valence-electron chi connectivity index (χ4n) is 1.65. The first-order chi connectivity index (χ1) is 9.47. The Hall–Kier alpha value is -2.41. The van der Waals surface area contributed by atoms with E-state index in [4.69, 9.17) is 11.6 Å². The highest BCUT2D eigenvalue weighted by Gasteiger charge is 2.16. The number of aromatic nitrogens is 2. The minimum atomic E-state index is -0.597. The lowest BCUT2D eigenvalue weighted by Crippen LogP contribution is -2.20. The number of carbonyl (C=O) groups is 1. The summed E-state index contributed by atoms with van der Waals surface area (Å²) in [7, 11) is 0. The van der Waals surface area contributed by atoms with Gasteiger partial charge in [0, 0.05) is 23.0 Å². The maximum absolute atomic E-state index is 11.9. The summed E-state index contributed by atoms with van der Waals surface area (Å²) in [6.07, 6.45) is 1.58. The van der Waals surface area contributed by atoms with Crippen molar-refractivity contribution in [1.82, 2.24) is 9.78 Å². The highest BCUT2D eigenvalue weighted by molar-refractivity contribution is 6.31. The molecule has 0 aliphatic rings. The van der Waals surface area contributed by atoms with Crippen LogP contribution >= 0.6 is 11.6 Å². The van der Waals surface area contributed by atoms with Crippen molar-refractivity contribution in [2.45, 2.75) is 13.5 Å². The van der Waals surface area contributed by atoms with Gasteiger partial charge in [-0.05, 0) is 25.1 Å². The monoisotopic (exact) mass is 294 g/mol. The van der Waals surface area contributed by atoms with Gasteiger partial charge in [0.25, 0.3) is 5.69 Å². The molecule has 7 nitrogen and oxygen atoms in total. The van der Waals surface area contributed by atoms with Crippen molar-refractivity contribution in [3.05, 3.63) is 51.3 Å². The Labute approximate surface area is 119 Å². The Balaban J connectivity index is 2.16. The Bertz CT molecular complexity index is 668. The zero-order valence-corrected chi connectivity index (χ0v) is 11.3. The number of nitrogens with one attached hydrogen (secondary N) is 1. The van der Waals surface area contributed by atoms with E-state index in [2.05, 4.69) is 10.4 Å². The van der Waals surface area contributed by atoms with Crippen LogP contribution in [0, 0.1) is 17.0 Å². The van der Waals surface area contributed by atoms with Crippen LogP contribution in [0.25, 0.3) is 0 Å². The number of hydrogen-bond acceptors (Lipinski definition) is 4. The van der Waals surface area contributed by atoms with Gasteiger partial charge in [-0.3, -0.25) is 19.6 Å². The van der Waals surface area contributed by atoms with Crippen LogP contribution in [-0.2, 0) is 11.3 Å². The fourth-order valence-corrected chi connectivity index (χ4v) is 1.82. The van der Waals surface area contributed by atoms with E-state index in [1.165, 1.54) is 22.9 Å². The maximum Gasteiger partial charge on any atom is 0.294 e. The Morgan fingerprint density at radius 1 is 1.50 bits per heavy atom. The molecule has 0 saturated carbocycles. The average molecular weight is 295 g/mol. The molecule has 1 heterocycles. The first kappa shape index (κ1) is 14.0. The van der Waals surface area contributed by atoms with Gasteiger partial charge in [0.2, 0.25) is 5.91 Å². The Morgan fingerprint density at radius 3 is 2.85 bits per heavy atom. The molecular weight excluding hydrogens is 284 g/mol. The molecule has 1 N–H and O–H groups in total. The second kappa shape index (κ2) is 5.70. The third-order valence-corrected chi connectivity index (χ3v) is 2.89. The number of halogens is 1. The lowest BCUT2D eigenvalue weighted by atomic mass is 10.2. The summed E-state index contributed by atoms with van der Waals surface area (Å²) in [5.74, 6) is -0.401. The standard InChI is InChI=1S/C12H11ClN4O3/c1-8-4-5-14-16(8)7-12(18)15-10-3-2-9(13)6-11(10)17(19)20/h2-6H,7H2,1H3,(H,15,18). The number of amides is 1. The predicted octanol–water partition coefficient (Wildman–Crippen LogP) is 2.39. The molecule has 2 rings (SSSR count). The summed E-state index contributed by atoms with van der Waals surface area (Å²) >= 11 is 5.70. The topological polar surface area (TPSA) is 90.1 Å². The minimum Gasteiger partial charge on any atom is -0.319 e. The number of aryl methyl sites for hydroxylation is 1. The number of anilines is 1. The molecule has 0 saturated heterocycles. The summed E-state index contributed by atoms with van der Waals surface area (Å²) in [6.45, 7) is 1.80. The number of nitrogens with zero attached hydrogens (tertiary/aromatic N) is 3. The Morgan fingerprint density at radius 2 is 2.25 bits per heavy atom. The molecule has 1 aromatic heterocycles. The molecule has 8 heteroatoms. The van der Waals surface area contributed by atoms with E-state index in [0.29, 0.717) is 0 Å². The zero-order chi connectivity index (χ0) is 14.7. The maximum atomic E-state index is 11.9. The Kier molecular flexibility index (Phi) is 3.99. The molecule has 0 bridgehead atoms. The molecule has 1 amide bonds. The van der Waals surface area contributed by atoms with Crippen molar-refractivity contribution in [2.24, 2.45) is 0 Å². The number of rotatable bonds is 4. The summed E-state index contributed by atoms with van der Waals surface area (Å²) in [6, 6.07) is 5.83. The molecule has 0 spiro atoms. The molecule has 20 heavy (non-hydrogen) atoms. The van der Waals surface area contributed by atoms with Crippen LogP contribution in [0.2, 0.25) is 5.02 Å². The average Bonchev–Trinajstić information content (AvgIpc) is 2.77. The molecule has 1 aromatic carbocycles. The molecule has 0 unspecified atom stereocenters. The number of nitro groups is 1. The van der Waals surface area contributed by atoms with Gasteiger partial charge >= 0.3 is 0 Å². The number of hydrogen-bond donors (Lipinski definition) is 1. The van der Waals surface area contributed by atoms with Gasteiger partial charge in [-0.1, -0.05) is 11.6 Å². The van der Waals surface area contributed by atoms with Crippen molar-refractivity contribution in [2.75, 3.05) is 5.32 Å². The van der Waals surface area contributed by atoms with Crippen LogP contribution in [0.5, 0.6) is 0 Å². The van der Waals surface area contributed by atoms with Crippen molar-refractivity contribution in [1.29, 1.82) is 0 Å². The predicted molar refractivity (Wildman–Crippen MR) is 73.7 cm³/mol. The zero-order valence-electron chi connectivity index (χ0n) is 10.5.